The number of hydrogen-bond donors (Lipinski definition) is 1. The number of carbonyl (C=O) groups is 3. The second kappa shape index (κ2) is 12.2. The first kappa shape index (κ1) is 28.6. The Bertz CT molecular complexity index is 1320. The normalized spacial score (nSPS) is 18.1. The van der Waals surface area contributed by atoms with Crippen LogP contribution in [0.4, 0.5) is 0 Å². The first-order chi connectivity index (χ1) is 18.0. The van der Waals surface area contributed by atoms with E-state index in [1.807, 2.05) is 48.5 Å². The first-order valence-electron chi connectivity index (χ1n) is 11.3. The van der Waals surface area contributed by atoms with Gasteiger partial charge in [0.25, 0.3) is 5.22 Å². The van der Waals surface area contributed by atoms with Crippen LogP contribution in [0.15, 0.2) is 76.4 Å². The molecule has 2 amide bonds. The molecule has 4 rings (SSSR count). The fraction of sp³-hybridized carbons (Fsp3) is 0.280. The minimum Gasteiger partial charge on any atom is -0.459 e. The molecule has 0 radical (unpaired) electrons. The van der Waals surface area contributed by atoms with Gasteiger partial charge >= 0.3 is 5.97 Å². The number of β-lactam (4-membered cyclic amide) rings is 1. The Morgan fingerprint density at radius 1 is 1.18 bits per heavy atom. The molecule has 3 aromatic rings. The summed E-state index contributed by atoms with van der Waals surface area (Å²) >= 11 is 17.2. The van der Waals surface area contributed by atoms with Gasteiger partial charge in [-0.3, -0.25) is 9.59 Å². The number of nitrogens with one attached hydrogen (secondary N) is 1. The highest BCUT2D eigenvalue weighted by Crippen LogP contribution is 2.44. The summed E-state index contributed by atoms with van der Waals surface area (Å²) in [4.78, 5) is 44.7. The standard InChI is InChI=1S/C25H22Cl3N3O5S2/c1-14(2)20(23(34)35-13-25(26,27)28)31-21(33)19(30-18(32)12-15-8-4-3-5-9-15)22(31)37-38-24-29-16-10-6-7-11-17(16)36-24/h3-11,19-20,22H,1,12-13H2,2H3,(H,30,32). The van der Waals surface area contributed by atoms with Gasteiger partial charge < -0.3 is 19.4 Å². The van der Waals surface area contributed by atoms with Crippen molar-refractivity contribution in [2.24, 2.45) is 0 Å². The Morgan fingerprint density at radius 3 is 2.53 bits per heavy atom. The molecule has 0 saturated carbocycles. The molecule has 0 aliphatic carbocycles. The molecule has 1 aliphatic heterocycles. The average molecular weight is 615 g/mol. The highest BCUT2D eigenvalue weighted by molar-refractivity contribution is 8.76. The highest BCUT2D eigenvalue weighted by atomic mass is 35.6. The molecule has 1 aromatic heterocycles. The van der Waals surface area contributed by atoms with Crippen molar-refractivity contribution in [3.8, 4) is 0 Å². The van der Waals surface area contributed by atoms with Gasteiger partial charge in [-0.2, -0.15) is 0 Å². The number of nitrogens with zero attached hydrogens (tertiary/aromatic N) is 2. The van der Waals surface area contributed by atoms with E-state index in [4.69, 9.17) is 44.0 Å². The largest absolute Gasteiger partial charge is 0.459 e. The topological polar surface area (TPSA) is 102 Å². The van der Waals surface area contributed by atoms with Gasteiger partial charge in [0.2, 0.25) is 15.6 Å². The monoisotopic (exact) mass is 613 g/mol. The number of carbonyl (C=O) groups excluding carboxylic acids is 3. The highest BCUT2D eigenvalue weighted by Gasteiger charge is 2.54. The van der Waals surface area contributed by atoms with E-state index < -0.39 is 39.7 Å². The van der Waals surface area contributed by atoms with Crippen molar-refractivity contribution in [2.45, 2.75) is 39.8 Å². The van der Waals surface area contributed by atoms with Crippen LogP contribution in [-0.2, 0) is 25.5 Å². The number of alkyl halides is 3. The molecule has 8 nitrogen and oxygen atoms in total. The Labute approximate surface area is 241 Å². The van der Waals surface area contributed by atoms with E-state index in [0.29, 0.717) is 21.9 Å². The summed E-state index contributed by atoms with van der Waals surface area (Å²) in [7, 11) is 2.39. The van der Waals surface area contributed by atoms with Gasteiger partial charge in [-0.1, -0.05) is 94.6 Å². The molecule has 1 N–H and O–H groups in total. The number of benzene rings is 2. The number of fused-ring (bicyclic) bond motifs is 1. The Morgan fingerprint density at radius 2 is 1.87 bits per heavy atom. The summed E-state index contributed by atoms with van der Waals surface area (Å²) in [5.74, 6) is -1.61. The molecule has 1 fully saturated rings. The van der Waals surface area contributed by atoms with Crippen LogP contribution in [0.1, 0.15) is 12.5 Å². The minimum atomic E-state index is -1.82. The number of para-hydroxylation sites is 2. The van der Waals surface area contributed by atoms with Crippen LogP contribution in [0.3, 0.4) is 0 Å². The maximum Gasteiger partial charge on any atom is 0.333 e. The molecule has 13 heteroatoms. The lowest BCUT2D eigenvalue weighted by Gasteiger charge is -2.49. The average Bonchev–Trinajstić information content (AvgIpc) is 3.28. The lowest BCUT2D eigenvalue weighted by molar-refractivity contribution is -0.162. The fourth-order valence-corrected chi connectivity index (χ4v) is 6.35. The van der Waals surface area contributed by atoms with Crippen LogP contribution in [0.25, 0.3) is 11.1 Å². The summed E-state index contributed by atoms with van der Waals surface area (Å²) in [5, 5.41) is 2.47. The predicted octanol–water partition coefficient (Wildman–Crippen LogP) is 5.32. The summed E-state index contributed by atoms with van der Waals surface area (Å²) in [6.45, 7) is 4.94. The molecular weight excluding hydrogens is 593 g/mol. The van der Waals surface area contributed by atoms with E-state index in [1.165, 1.54) is 26.5 Å². The van der Waals surface area contributed by atoms with Crippen LogP contribution in [-0.4, -0.2) is 55.5 Å². The molecule has 0 spiro atoms. The van der Waals surface area contributed by atoms with E-state index in [-0.39, 0.29) is 12.3 Å². The van der Waals surface area contributed by atoms with Crippen molar-refractivity contribution < 1.29 is 23.5 Å². The summed E-state index contributed by atoms with van der Waals surface area (Å²) in [6.07, 6.45) is 0.0927. The third-order valence-electron chi connectivity index (χ3n) is 5.44. The molecule has 3 atom stereocenters. The van der Waals surface area contributed by atoms with Gasteiger partial charge in [0, 0.05) is 10.8 Å². The zero-order valence-electron chi connectivity index (χ0n) is 19.9. The van der Waals surface area contributed by atoms with E-state index >= 15 is 0 Å². The number of oxazole rings is 1. The zero-order valence-corrected chi connectivity index (χ0v) is 23.8. The molecule has 3 unspecified atom stereocenters. The van der Waals surface area contributed by atoms with E-state index in [2.05, 4.69) is 16.9 Å². The number of amides is 2. The van der Waals surface area contributed by atoms with Crippen LogP contribution in [0.5, 0.6) is 0 Å². The minimum absolute atomic E-state index is 0.0927. The smallest absolute Gasteiger partial charge is 0.333 e. The Kier molecular flexibility index (Phi) is 9.20. The van der Waals surface area contributed by atoms with Crippen molar-refractivity contribution in [1.82, 2.24) is 15.2 Å². The predicted molar refractivity (Wildman–Crippen MR) is 150 cm³/mol. The molecule has 0 bridgehead atoms. The molecular formula is C25H22Cl3N3O5S2. The lowest BCUT2D eigenvalue weighted by Crippen LogP contribution is -2.73. The van der Waals surface area contributed by atoms with Gasteiger partial charge in [0.1, 0.15) is 23.5 Å². The molecule has 2 aromatic carbocycles. The second-order valence-corrected chi connectivity index (χ2v) is 13.2. The van der Waals surface area contributed by atoms with Crippen LogP contribution < -0.4 is 5.32 Å². The molecule has 38 heavy (non-hydrogen) atoms. The second-order valence-electron chi connectivity index (χ2n) is 8.44. The third kappa shape index (κ3) is 6.98. The maximum absolute atomic E-state index is 13.3. The molecule has 200 valence electrons. The Balaban J connectivity index is 1.53. The van der Waals surface area contributed by atoms with E-state index in [1.54, 1.807) is 13.0 Å². The van der Waals surface area contributed by atoms with Gasteiger partial charge in [-0.15, -0.1) is 0 Å². The number of aromatic nitrogens is 1. The van der Waals surface area contributed by atoms with Crippen LogP contribution in [0, 0.1) is 0 Å². The Hall–Kier alpha value is -2.37. The van der Waals surface area contributed by atoms with E-state index in [0.717, 1.165) is 5.56 Å². The zero-order chi connectivity index (χ0) is 27.4. The molecule has 2 heterocycles. The van der Waals surface area contributed by atoms with Crippen molar-refractivity contribution in [1.29, 1.82) is 0 Å². The first-order valence-corrected chi connectivity index (χ1v) is 14.6. The van der Waals surface area contributed by atoms with Gasteiger partial charge in [0.15, 0.2) is 11.6 Å². The van der Waals surface area contributed by atoms with Crippen molar-refractivity contribution in [2.75, 3.05) is 6.61 Å². The van der Waals surface area contributed by atoms with Gasteiger partial charge in [-0.05, 0) is 30.2 Å². The van der Waals surface area contributed by atoms with Crippen molar-refractivity contribution in [3.05, 3.63) is 72.3 Å². The number of rotatable bonds is 10. The summed E-state index contributed by atoms with van der Waals surface area (Å²) in [6, 6.07) is 14.4. The number of likely N-dealkylation sites (tertiary alicyclic amines) is 1. The van der Waals surface area contributed by atoms with Gasteiger partial charge in [0.05, 0.1) is 6.42 Å². The van der Waals surface area contributed by atoms with Crippen molar-refractivity contribution >= 4 is 85.3 Å². The summed E-state index contributed by atoms with van der Waals surface area (Å²) < 4.78 is 9.10. The number of halogens is 3. The van der Waals surface area contributed by atoms with Crippen LogP contribution >= 0.6 is 56.4 Å². The fourth-order valence-electron chi connectivity index (χ4n) is 3.76. The third-order valence-corrected chi connectivity index (χ3v) is 8.19. The summed E-state index contributed by atoms with van der Waals surface area (Å²) in [5.41, 5.74) is 2.44. The van der Waals surface area contributed by atoms with Crippen LogP contribution in [0.2, 0.25) is 0 Å². The van der Waals surface area contributed by atoms with Crippen molar-refractivity contribution in [3.63, 3.8) is 0 Å². The SMILES string of the molecule is C=C(C)C(C(=O)OCC(Cl)(Cl)Cl)N1C(=O)C(NC(=O)Cc2ccccc2)C1SSc1nc2ccccc2o1. The van der Waals surface area contributed by atoms with Gasteiger partial charge in [-0.25, -0.2) is 9.78 Å². The molecule has 1 aliphatic rings. The van der Waals surface area contributed by atoms with E-state index in [9.17, 15) is 14.4 Å². The maximum atomic E-state index is 13.3. The number of ether oxygens (including phenoxy) is 1. The molecule has 1 saturated heterocycles. The lowest BCUT2D eigenvalue weighted by atomic mass is 9.99. The number of hydrogen-bond acceptors (Lipinski definition) is 8. The quantitative estimate of drug-likeness (QED) is 0.108. The number of esters is 1.